The predicted molar refractivity (Wildman–Crippen MR) is 109 cm³/mol. The number of nitrogens with zero attached hydrogens (tertiary/aromatic N) is 3. The van der Waals surface area contributed by atoms with Gasteiger partial charge in [0.15, 0.2) is 0 Å². The van der Waals surface area contributed by atoms with E-state index in [-0.39, 0.29) is 23.8 Å². The first kappa shape index (κ1) is 20.6. The van der Waals surface area contributed by atoms with Gasteiger partial charge in [-0.2, -0.15) is 0 Å². The zero-order valence-corrected chi connectivity index (χ0v) is 17.4. The van der Waals surface area contributed by atoms with Crippen LogP contribution >= 0.6 is 0 Å². The molecule has 3 rings (SSSR count). The molecular weight excluding hydrogens is 354 g/mol. The average molecular weight is 388 g/mol. The van der Waals surface area contributed by atoms with Crippen LogP contribution in [-0.2, 0) is 9.59 Å². The molecule has 0 saturated carbocycles. The molecule has 2 amide bonds. The quantitative estimate of drug-likeness (QED) is 0.753. The van der Waals surface area contributed by atoms with Crippen molar-refractivity contribution in [3.63, 3.8) is 0 Å². The molecule has 0 spiro atoms. The van der Waals surface area contributed by atoms with Crippen LogP contribution in [0.2, 0.25) is 0 Å². The molecule has 6 nitrogen and oxygen atoms in total. The minimum atomic E-state index is -0.304. The molecule has 154 valence electrons. The summed E-state index contributed by atoms with van der Waals surface area (Å²) in [5, 5.41) is 0. The number of carbonyl (C=O) groups is 2. The summed E-state index contributed by atoms with van der Waals surface area (Å²) in [5.74, 6) is 0.704. The topological polar surface area (TPSA) is 53.1 Å². The summed E-state index contributed by atoms with van der Waals surface area (Å²) < 4.78 is 5.28. The summed E-state index contributed by atoms with van der Waals surface area (Å²) in [7, 11) is 3.74. The Balaban J connectivity index is 1.86. The lowest BCUT2D eigenvalue weighted by atomic mass is 9.92. The van der Waals surface area contributed by atoms with Crippen molar-refractivity contribution < 1.29 is 14.3 Å². The van der Waals surface area contributed by atoms with Crippen molar-refractivity contribution in [3.8, 4) is 5.75 Å². The number of likely N-dealkylation sites (N-methyl/N-ethyl adjacent to an activating group) is 1. The number of rotatable bonds is 6. The van der Waals surface area contributed by atoms with Gasteiger partial charge in [-0.15, -0.1) is 0 Å². The van der Waals surface area contributed by atoms with E-state index in [1.165, 1.54) is 0 Å². The number of carbonyl (C=O) groups excluding carboxylic acids is 2. The largest absolute Gasteiger partial charge is 0.497 e. The predicted octanol–water partition coefficient (Wildman–Crippen LogP) is 2.55. The average Bonchev–Trinajstić information content (AvgIpc) is 2.88. The molecule has 1 aromatic rings. The van der Waals surface area contributed by atoms with Crippen molar-refractivity contribution in [1.82, 2.24) is 14.7 Å². The van der Waals surface area contributed by atoms with E-state index in [1.54, 1.807) is 7.11 Å². The SMILES string of the molecule is CCCCN1C(=O)CC(C(=O)N2CCCN(C)CC2)C1c1ccc(OC)cc1. The standard InChI is InChI=1S/C22H33N3O3/c1-4-5-13-25-20(26)16-19(21(25)17-7-9-18(28-3)10-8-17)22(27)24-12-6-11-23(2)14-15-24/h7-10,19,21H,4-6,11-16H2,1-3H3. The van der Waals surface area contributed by atoms with Gasteiger partial charge in [0.05, 0.1) is 19.1 Å². The monoisotopic (exact) mass is 387 g/mol. The van der Waals surface area contributed by atoms with E-state index in [0.29, 0.717) is 13.0 Å². The van der Waals surface area contributed by atoms with Crippen molar-refractivity contribution in [2.75, 3.05) is 46.9 Å². The Morgan fingerprint density at radius 1 is 1.14 bits per heavy atom. The first-order valence-electron chi connectivity index (χ1n) is 10.5. The minimum Gasteiger partial charge on any atom is -0.497 e. The van der Waals surface area contributed by atoms with Crippen molar-refractivity contribution in [3.05, 3.63) is 29.8 Å². The number of benzene rings is 1. The number of methoxy groups -OCH3 is 1. The molecule has 1 aromatic carbocycles. The molecule has 0 N–H and O–H groups in total. The highest BCUT2D eigenvalue weighted by molar-refractivity contribution is 5.90. The number of unbranched alkanes of at least 4 members (excludes halogenated alkanes) is 1. The fourth-order valence-electron chi connectivity index (χ4n) is 4.32. The third-order valence-corrected chi connectivity index (χ3v) is 5.99. The fraction of sp³-hybridized carbons (Fsp3) is 0.636. The molecule has 2 aliphatic rings. The smallest absolute Gasteiger partial charge is 0.228 e. The van der Waals surface area contributed by atoms with Crippen molar-refractivity contribution in [1.29, 1.82) is 0 Å². The van der Waals surface area contributed by atoms with Crippen molar-refractivity contribution >= 4 is 11.8 Å². The summed E-state index contributed by atoms with van der Waals surface area (Å²) in [6.45, 7) is 6.25. The van der Waals surface area contributed by atoms with Gasteiger partial charge in [-0.1, -0.05) is 25.5 Å². The van der Waals surface area contributed by atoms with E-state index in [0.717, 1.165) is 56.8 Å². The number of hydrogen-bond donors (Lipinski definition) is 0. The second-order valence-corrected chi connectivity index (χ2v) is 7.95. The van der Waals surface area contributed by atoms with Crippen LogP contribution in [0.5, 0.6) is 5.75 Å². The lowest BCUT2D eigenvalue weighted by molar-refractivity contribution is -0.136. The highest BCUT2D eigenvalue weighted by Gasteiger charge is 2.45. The van der Waals surface area contributed by atoms with Gasteiger partial charge in [0.2, 0.25) is 11.8 Å². The summed E-state index contributed by atoms with van der Waals surface area (Å²) in [6.07, 6.45) is 3.27. The molecular formula is C22H33N3O3. The van der Waals surface area contributed by atoms with E-state index in [2.05, 4.69) is 18.9 Å². The number of likely N-dealkylation sites (tertiary alicyclic amines) is 1. The zero-order valence-electron chi connectivity index (χ0n) is 17.4. The lowest BCUT2D eigenvalue weighted by Crippen LogP contribution is -2.41. The molecule has 2 saturated heterocycles. The van der Waals surface area contributed by atoms with Gasteiger partial charge in [-0.3, -0.25) is 9.59 Å². The lowest BCUT2D eigenvalue weighted by Gasteiger charge is -2.31. The van der Waals surface area contributed by atoms with E-state index >= 15 is 0 Å². The van der Waals surface area contributed by atoms with Crippen LogP contribution in [0.1, 0.15) is 44.2 Å². The molecule has 2 atom stereocenters. The van der Waals surface area contributed by atoms with Gasteiger partial charge in [0, 0.05) is 32.6 Å². The Labute approximate surface area is 168 Å². The Hall–Kier alpha value is -2.08. The minimum absolute atomic E-state index is 0.0968. The molecule has 0 radical (unpaired) electrons. The molecule has 0 aliphatic carbocycles. The van der Waals surface area contributed by atoms with Gasteiger partial charge in [0.1, 0.15) is 5.75 Å². The van der Waals surface area contributed by atoms with Gasteiger partial charge in [0.25, 0.3) is 0 Å². The third-order valence-electron chi connectivity index (χ3n) is 5.99. The van der Waals surface area contributed by atoms with Crippen LogP contribution < -0.4 is 4.74 Å². The second-order valence-electron chi connectivity index (χ2n) is 7.95. The number of ether oxygens (including phenoxy) is 1. The van der Waals surface area contributed by atoms with E-state index < -0.39 is 0 Å². The highest BCUT2D eigenvalue weighted by atomic mass is 16.5. The van der Waals surface area contributed by atoms with Crippen LogP contribution in [-0.4, -0.2) is 73.4 Å². The van der Waals surface area contributed by atoms with Gasteiger partial charge < -0.3 is 19.4 Å². The Kier molecular flexibility index (Phi) is 6.94. The highest BCUT2D eigenvalue weighted by Crippen LogP contribution is 2.40. The van der Waals surface area contributed by atoms with Crippen LogP contribution in [0.3, 0.4) is 0 Å². The Morgan fingerprint density at radius 3 is 2.57 bits per heavy atom. The first-order valence-corrected chi connectivity index (χ1v) is 10.5. The molecule has 2 fully saturated rings. The molecule has 0 bridgehead atoms. The van der Waals surface area contributed by atoms with Crippen LogP contribution in [0.25, 0.3) is 0 Å². The van der Waals surface area contributed by atoms with E-state index in [4.69, 9.17) is 4.74 Å². The Morgan fingerprint density at radius 2 is 1.89 bits per heavy atom. The fourth-order valence-corrected chi connectivity index (χ4v) is 4.32. The maximum Gasteiger partial charge on any atom is 0.228 e. The maximum atomic E-state index is 13.4. The van der Waals surface area contributed by atoms with E-state index in [9.17, 15) is 9.59 Å². The molecule has 6 heteroatoms. The molecule has 0 aromatic heterocycles. The summed E-state index contributed by atoms with van der Waals surface area (Å²) in [5.41, 5.74) is 1.02. The summed E-state index contributed by atoms with van der Waals surface area (Å²) in [6, 6.07) is 7.64. The maximum absolute atomic E-state index is 13.4. The van der Waals surface area contributed by atoms with Gasteiger partial charge in [-0.05, 0) is 44.1 Å². The Bertz CT molecular complexity index is 676. The van der Waals surface area contributed by atoms with Crippen LogP contribution in [0, 0.1) is 5.92 Å². The van der Waals surface area contributed by atoms with Crippen molar-refractivity contribution in [2.45, 2.75) is 38.6 Å². The van der Waals surface area contributed by atoms with E-state index in [1.807, 2.05) is 34.1 Å². The number of hydrogen-bond acceptors (Lipinski definition) is 4. The van der Waals surface area contributed by atoms with Gasteiger partial charge >= 0.3 is 0 Å². The zero-order chi connectivity index (χ0) is 20.1. The molecule has 2 unspecified atom stereocenters. The van der Waals surface area contributed by atoms with Gasteiger partial charge in [-0.25, -0.2) is 0 Å². The summed E-state index contributed by atoms with van der Waals surface area (Å²) >= 11 is 0. The normalized spacial score (nSPS) is 23.8. The second kappa shape index (κ2) is 9.41. The molecule has 2 aliphatic heterocycles. The molecule has 28 heavy (non-hydrogen) atoms. The molecule has 2 heterocycles. The summed E-state index contributed by atoms with van der Waals surface area (Å²) in [4.78, 5) is 32.4. The third kappa shape index (κ3) is 4.49. The van der Waals surface area contributed by atoms with Crippen LogP contribution in [0.15, 0.2) is 24.3 Å². The van der Waals surface area contributed by atoms with Crippen LogP contribution in [0.4, 0.5) is 0 Å². The number of amides is 2. The van der Waals surface area contributed by atoms with Crippen molar-refractivity contribution in [2.24, 2.45) is 5.92 Å². The first-order chi connectivity index (χ1) is 13.5.